The molecule has 0 aliphatic heterocycles. The molecule has 5 nitrogen and oxygen atoms in total. The molecule has 0 bridgehead atoms. The first-order valence-electron chi connectivity index (χ1n) is 6.15. The number of halogens is 1. The summed E-state index contributed by atoms with van der Waals surface area (Å²) in [7, 11) is 0. The third-order valence-corrected chi connectivity index (χ3v) is 3.32. The number of carboxylic acid groups (broad SMARTS) is 1. The number of hydrogen-bond donors (Lipinski definition) is 2. The summed E-state index contributed by atoms with van der Waals surface area (Å²) in [6.45, 7) is 0. The molecule has 1 aromatic heterocycles. The van der Waals surface area contributed by atoms with E-state index in [4.69, 9.17) is 16.7 Å². The quantitative estimate of drug-likeness (QED) is 0.771. The molecule has 104 valence electrons. The molecule has 0 radical (unpaired) electrons. The molecular formula is C15H10ClN3O2. The lowest BCUT2D eigenvalue weighted by Crippen LogP contribution is -2.00. The van der Waals surface area contributed by atoms with Crippen molar-refractivity contribution >= 4 is 40.0 Å². The molecule has 0 saturated carbocycles. The minimum absolute atomic E-state index is 0.0646. The van der Waals surface area contributed by atoms with E-state index in [2.05, 4.69) is 15.3 Å². The number of para-hydroxylation sites is 1. The van der Waals surface area contributed by atoms with Gasteiger partial charge < -0.3 is 10.4 Å². The van der Waals surface area contributed by atoms with Gasteiger partial charge in [-0.25, -0.2) is 14.8 Å². The second kappa shape index (κ2) is 5.38. The summed E-state index contributed by atoms with van der Waals surface area (Å²) in [5.74, 6) is -0.418. The third kappa shape index (κ3) is 2.64. The van der Waals surface area contributed by atoms with Crippen molar-refractivity contribution in [1.29, 1.82) is 0 Å². The predicted molar refractivity (Wildman–Crippen MR) is 81.2 cm³/mol. The molecule has 0 aliphatic carbocycles. The first-order valence-corrected chi connectivity index (χ1v) is 6.52. The van der Waals surface area contributed by atoms with Crippen molar-refractivity contribution in [1.82, 2.24) is 9.97 Å². The maximum absolute atomic E-state index is 10.9. The van der Waals surface area contributed by atoms with Crippen LogP contribution in [-0.2, 0) is 0 Å². The first kappa shape index (κ1) is 13.3. The minimum Gasteiger partial charge on any atom is -0.478 e. The van der Waals surface area contributed by atoms with E-state index in [0.717, 1.165) is 10.9 Å². The molecule has 2 aromatic carbocycles. The number of aromatic carboxylic acids is 1. The standard InChI is InChI=1S/C15H10ClN3O2/c16-12-7-9(5-6-10(12)15(20)21)19-14-11-3-1-2-4-13(11)17-8-18-14/h1-8H,(H,20,21)(H,17,18,19). The van der Waals surface area contributed by atoms with Crippen molar-refractivity contribution in [2.45, 2.75) is 0 Å². The summed E-state index contributed by atoms with van der Waals surface area (Å²) < 4.78 is 0. The van der Waals surface area contributed by atoms with Gasteiger partial charge in [-0.3, -0.25) is 0 Å². The number of fused-ring (bicyclic) bond motifs is 1. The molecule has 0 saturated heterocycles. The maximum atomic E-state index is 10.9. The van der Waals surface area contributed by atoms with Gasteiger partial charge in [0.15, 0.2) is 0 Å². The molecule has 0 spiro atoms. The minimum atomic E-state index is -1.06. The topological polar surface area (TPSA) is 75.1 Å². The summed E-state index contributed by atoms with van der Waals surface area (Å²) in [6, 6.07) is 12.3. The van der Waals surface area contributed by atoms with Gasteiger partial charge in [0.25, 0.3) is 0 Å². The van der Waals surface area contributed by atoms with Crippen LogP contribution in [0.5, 0.6) is 0 Å². The van der Waals surface area contributed by atoms with Crippen LogP contribution in [0.4, 0.5) is 11.5 Å². The average Bonchev–Trinajstić information content (AvgIpc) is 2.47. The SMILES string of the molecule is O=C(O)c1ccc(Nc2ncnc3ccccc23)cc1Cl. The lowest BCUT2D eigenvalue weighted by molar-refractivity contribution is 0.0697. The van der Waals surface area contributed by atoms with Crippen molar-refractivity contribution in [3.8, 4) is 0 Å². The number of carboxylic acids is 1. The van der Waals surface area contributed by atoms with Gasteiger partial charge in [-0.1, -0.05) is 23.7 Å². The molecule has 21 heavy (non-hydrogen) atoms. The molecule has 1 heterocycles. The van der Waals surface area contributed by atoms with E-state index < -0.39 is 5.97 Å². The zero-order chi connectivity index (χ0) is 14.8. The summed E-state index contributed by atoms with van der Waals surface area (Å²) in [4.78, 5) is 19.3. The monoisotopic (exact) mass is 299 g/mol. The number of benzene rings is 2. The van der Waals surface area contributed by atoms with E-state index >= 15 is 0 Å². The van der Waals surface area contributed by atoms with E-state index in [1.807, 2.05) is 24.3 Å². The van der Waals surface area contributed by atoms with Crippen LogP contribution in [-0.4, -0.2) is 21.0 Å². The molecule has 6 heteroatoms. The molecular weight excluding hydrogens is 290 g/mol. The average molecular weight is 300 g/mol. The van der Waals surface area contributed by atoms with Crippen LogP contribution in [0.15, 0.2) is 48.8 Å². The van der Waals surface area contributed by atoms with Gasteiger partial charge in [-0.15, -0.1) is 0 Å². The number of anilines is 2. The zero-order valence-corrected chi connectivity index (χ0v) is 11.5. The van der Waals surface area contributed by atoms with Crippen LogP contribution < -0.4 is 5.32 Å². The molecule has 3 rings (SSSR count). The highest BCUT2D eigenvalue weighted by molar-refractivity contribution is 6.33. The summed E-state index contributed by atoms with van der Waals surface area (Å²) in [5.41, 5.74) is 1.55. The Hall–Kier alpha value is -2.66. The second-order valence-corrected chi connectivity index (χ2v) is 4.77. The molecule has 3 aromatic rings. The normalized spacial score (nSPS) is 10.5. The summed E-state index contributed by atoms with van der Waals surface area (Å²) in [5, 5.41) is 13.1. The maximum Gasteiger partial charge on any atom is 0.337 e. The van der Waals surface area contributed by atoms with E-state index in [9.17, 15) is 4.79 Å². The number of rotatable bonds is 3. The Labute approximate surface area is 125 Å². The van der Waals surface area contributed by atoms with Crippen LogP contribution in [0.3, 0.4) is 0 Å². The lowest BCUT2D eigenvalue weighted by Gasteiger charge is -2.09. The van der Waals surface area contributed by atoms with E-state index in [1.54, 1.807) is 12.1 Å². The number of carbonyl (C=O) groups is 1. The van der Waals surface area contributed by atoms with Gasteiger partial charge in [0, 0.05) is 11.1 Å². The van der Waals surface area contributed by atoms with Gasteiger partial charge in [-0.2, -0.15) is 0 Å². The number of nitrogens with one attached hydrogen (secondary N) is 1. The van der Waals surface area contributed by atoms with Crippen LogP contribution in [0.25, 0.3) is 10.9 Å². The zero-order valence-electron chi connectivity index (χ0n) is 10.7. The molecule has 0 atom stereocenters. The number of nitrogens with zero attached hydrogens (tertiary/aromatic N) is 2. The Bertz CT molecular complexity index is 831. The third-order valence-electron chi connectivity index (χ3n) is 3.01. The van der Waals surface area contributed by atoms with Crippen molar-refractivity contribution in [2.24, 2.45) is 0 Å². The van der Waals surface area contributed by atoms with Gasteiger partial charge >= 0.3 is 5.97 Å². The molecule has 0 unspecified atom stereocenters. The smallest absolute Gasteiger partial charge is 0.337 e. The van der Waals surface area contributed by atoms with Crippen LogP contribution in [0.1, 0.15) is 10.4 Å². The fourth-order valence-corrected chi connectivity index (χ4v) is 2.27. The van der Waals surface area contributed by atoms with Gasteiger partial charge in [0.05, 0.1) is 16.1 Å². The predicted octanol–water partition coefficient (Wildman–Crippen LogP) is 3.73. The van der Waals surface area contributed by atoms with Crippen LogP contribution in [0, 0.1) is 0 Å². The fraction of sp³-hybridized carbons (Fsp3) is 0. The Morgan fingerprint density at radius 1 is 1.14 bits per heavy atom. The van der Waals surface area contributed by atoms with Crippen molar-refractivity contribution in [3.63, 3.8) is 0 Å². The van der Waals surface area contributed by atoms with Gasteiger partial charge in [0.1, 0.15) is 12.1 Å². The van der Waals surface area contributed by atoms with Crippen molar-refractivity contribution in [2.75, 3.05) is 5.32 Å². The molecule has 0 aliphatic rings. The van der Waals surface area contributed by atoms with Crippen LogP contribution >= 0.6 is 11.6 Å². The van der Waals surface area contributed by atoms with Crippen molar-refractivity contribution in [3.05, 3.63) is 59.4 Å². The second-order valence-electron chi connectivity index (χ2n) is 4.36. The first-order chi connectivity index (χ1) is 10.1. The number of hydrogen-bond acceptors (Lipinski definition) is 4. The van der Waals surface area contributed by atoms with Gasteiger partial charge in [-0.05, 0) is 30.3 Å². The highest BCUT2D eigenvalue weighted by Gasteiger charge is 2.10. The summed E-state index contributed by atoms with van der Waals surface area (Å²) in [6.07, 6.45) is 1.47. The highest BCUT2D eigenvalue weighted by Crippen LogP contribution is 2.26. The number of aromatic nitrogens is 2. The summed E-state index contributed by atoms with van der Waals surface area (Å²) >= 11 is 5.96. The van der Waals surface area contributed by atoms with Gasteiger partial charge in [0.2, 0.25) is 0 Å². The Kier molecular flexibility index (Phi) is 3.41. The van der Waals surface area contributed by atoms with Crippen molar-refractivity contribution < 1.29 is 9.90 Å². The van der Waals surface area contributed by atoms with Crippen LogP contribution in [0.2, 0.25) is 5.02 Å². The molecule has 0 amide bonds. The van der Waals surface area contributed by atoms with E-state index in [-0.39, 0.29) is 10.6 Å². The highest BCUT2D eigenvalue weighted by atomic mass is 35.5. The lowest BCUT2D eigenvalue weighted by atomic mass is 10.2. The Balaban J connectivity index is 1.99. The Morgan fingerprint density at radius 3 is 2.71 bits per heavy atom. The fourth-order valence-electron chi connectivity index (χ4n) is 2.01. The largest absolute Gasteiger partial charge is 0.478 e. The van der Waals surface area contributed by atoms with E-state index in [1.165, 1.54) is 12.4 Å². The molecule has 0 fully saturated rings. The molecule has 2 N–H and O–H groups in total. The Morgan fingerprint density at radius 2 is 1.95 bits per heavy atom. The van der Waals surface area contributed by atoms with E-state index in [0.29, 0.717) is 11.5 Å².